The summed E-state index contributed by atoms with van der Waals surface area (Å²) in [5.74, 6) is 0.822. The molecule has 0 N–H and O–H groups in total. The molecule has 0 bridgehead atoms. The summed E-state index contributed by atoms with van der Waals surface area (Å²) in [6.07, 6.45) is 1.66. The average Bonchev–Trinajstić information content (AvgIpc) is 2.62. The SMILES string of the molecule is Cc1ccc(-c2ccno2)cc1C. The molecule has 2 heteroatoms. The number of hydrogen-bond donors (Lipinski definition) is 0. The summed E-state index contributed by atoms with van der Waals surface area (Å²) < 4.78 is 5.06. The second-order valence-electron chi connectivity index (χ2n) is 3.18. The third-order valence-electron chi connectivity index (χ3n) is 2.23. The molecule has 0 atom stereocenters. The highest BCUT2D eigenvalue weighted by molar-refractivity contribution is 5.58. The molecule has 2 aromatic rings. The lowest BCUT2D eigenvalue weighted by molar-refractivity contribution is 0.432. The van der Waals surface area contributed by atoms with E-state index in [0.29, 0.717) is 0 Å². The van der Waals surface area contributed by atoms with Crippen molar-refractivity contribution in [3.05, 3.63) is 41.6 Å². The zero-order valence-corrected chi connectivity index (χ0v) is 7.74. The maximum absolute atomic E-state index is 5.06. The Labute approximate surface area is 77.2 Å². The topological polar surface area (TPSA) is 26.0 Å². The van der Waals surface area contributed by atoms with Gasteiger partial charge in [-0.3, -0.25) is 0 Å². The van der Waals surface area contributed by atoms with Crippen molar-refractivity contribution in [3.8, 4) is 11.3 Å². The molecular weight excluding hydrogens is 162 g/mol. The highest BCUT2D eigenvalue weighted by Gasteiger charge is 2.02. The first-order chi connectivity index (χ1) is 6.27. The Hall–Kier alpha value is -1.57. The minimum Gasteiger partial charge on any atom is -0.356 e. The van der Waals surface area contributed by atoms with Gasteiger partial charge in [-0.1, -0.05) is 17.3 Å². The third kappa shape index (κ3) is 1.47. The lowest BCUT2D eigenvalue weighted by Gasteiger charge is -2.01. The van der Waals surface area contributed by atoms with E-state index in [0.717, 1.165) is 11.3 Å². The van der Waals surface area contributed by atoms with E-state index in [-0.39, 0.29) is 0 Å². The van der Waals surface area contributed by atoms with E-state index in [1.165, 1.54) is 11.1 Å². The van der Waals surface area contributed by atoms with E-state index in [1.807, 2.05) is 12.1 Å². The van der Waals surface area contributed by atoms with E-state index < -0.39 is 0 Å². The Morgan fingerprint density at radius 2 is 1.92 bits per heavy atom. The molecule has 2 rings (SSSR count). The van der Waals surface area contributed by atoms with Crippen LogP contribution < -0.4 is 0 Å². The molecule has 0 aliphatic carbocycles. The van der Waals surface area contributed by atoms with E-state index >= 15 is 0 Å². The molecule has 0 aliphatic rings. The Bertz CT molecular complexity index is 404. The molecular formula is C11H11NO. The first kappa shape index (κ1) is 8.05. The van der Waals surface area contributed by atoms with Crippen LogP contribution in [0.5, 0.6) is 0 Å². The number of nitrogens with zero attached hydrogens (tertiary/aromatic N) is 1. The summed E-state index contributed by atoms with van der Waals surface area (Å²) in [7, 11) is 0. The predicted octanol–water partition coefficient (Wildman–Crippen LogP) is 2.96. The van der Waals surface area contributed by atoms with Crippen LogP contribution in [0.4, 0.5) is 0 Å². The van der Waals surface area contributed by atoms with Crippen LogP contribution in [0.2, 0.25) is 0 Å². The van der Waals surface area contributed by atoms with Crippen molar-refractivity contribution in [2.24, 2.45) is 0 Å². The molecule has 2 nitrogen and oxygen atoms in total. The molecule has 1 heterocycles. The van der Waals surface area contributed by atoms with E-state index in [9.17, 15) is 0 Å². The molecule has 13 heavy (non-hydrogen) atoms. The summed E-state index contributed by atoms with van der Waals surface area (Å²) >= 11 is 0. The molecule has 1 aromatic heterocycles. The zero-order valence-electron chi connectivity index (χ0n) is 7.74. The van der Waals surface area contributed by atoms with Crippen molar-refractivity contribution in [3.63, 3.8) is 0 Å². The van der Waals surface area contributed by atoms with E-state index in [2.05, 4.69) is 31.1 Å². The maximum Gasteiger partial charge on any atom is 0.166 e. The van der Waals surface area contributed by atoms with Gasteiger partial charge in [0.2, 0.25) is 0 Å². The summed E-state index contributed by atoms with van der Waals surface area (Å²) in [5.41, 5.74) is 3.65. The van der Waals surface area contributed by atoms with Crippen molar-refractivity contribution in [2.75, 3.05) is 0 Å². The second-order valence-corrected chi connectivity index (χ2v) is 3.18. The van der Waals surface area contributed by atoms with Crippen LogP contribution in [0, 0.1) is 13.8 Å². The number of hydrogen-bond acceptors (Lipinski definition) is 2. The fourth-order valence-corrected chi connectivity index (χ4v) is 1.26. The highest BCUT2D eigenvalue weighted by Crippen LogP contribution is 2.21. The monoisotopic (exact) mass is 173 g/mol. The van der Waals surface area contributed by atoms with Crippen LogP contribution in [0.3, 0.4) is 0 Å². The van der Waals surface area contributed by atoms with Gasteiger partial charge >= 0.3 is 0 Å². The minimum atomic E-state index is 0.822. The van der Waals surface area contributed by atoms with Crippen LogP contribution in [0.25, 0.3) is 11.3 Å². The molecule has 0 saturated carbocycles. The van der Waals surface area contributed by atoms with Gasteiger partial charge in [-0.15, -0.1) is 0 Å². The summed E-state index contributed by atoms with van der Waals surface area (Å²) in [5, 5.41) is 3.68. The van der Waals surface area contributed by atoms with Crippen molar-refractivity contribution < 1.29 is 4.52 Å². The van der Waals surface area contributed by atoms with E-state index in [1.54, 1.807) is 6.20 Å². The van der Waals surface area contributed by atoms with Crippen molar-refractivity contribution >= 4 is 0 Å². The smallest absolute Gasteiger partial charge is 0.166 e. The molecule has 0 fully saturated rings. The largest absolute Gasteiger partial charge is 0.356 e. The van der Waals surface area contributed by atoms with Crippen molar-refractivity contribution in [1.29, 1.82) is 0 Å². The summed E-state index contributed by atoms with van der Waals surface area (Å²) in [6.45, 7) is 4.19. The number of benzene rings is 1. The Morgan fingerprint density at radius 1 is 1.08 bits per heavy atom. The molecule has 1 aromatic carbocycles. The molecule has 0 saturated heterocycles. The minimum absolute atomic E-state index is 0.822. The highest BCUT2D eigenvalue weighted by atomic mass is 16.5. The first-order valence-electron chi connectivity index (χ1n) is 4.25. The Morgan fingerprint density at radius 3 is 2.54 bits per heavy atom. The maximum atomic E-state index is 5.06. The first-order valence-corrected chi connectivity index (χ1v) is 4.25. The lowest BCUT2D eigenvalue weighted by atomic mass is 10.1. The molecule has 0 spiro atoms. The van der Waals surface area contributed by atoms with Gasteiger partial charge in [0.15, 0.2) is 5.76 Å². The Balaban J connectivity index is 2.49. The molecule has 0 unspecified atom stereocenters. The van der Waals surface area contributed by atoms with Crippen LogP contribution in [0.1, 0.15) is 11.1 Å². The van der Waals surface area contributed by atoms with Crippen molar-refractivity contribution in [2.45, 2.75) is 13.8 Å². The average molecular weight is 173 g/mol. The van der Waals surface area contributed by atoms with Crippen LogP contribution >= 0.6 is 0 Å². The molecule has 0 amide bonds. The lowest BCUT2D eigenvalue weighted by Crippen LogP contribution is -1.81. The fourth-order valence-electron chi connectivity index (χ4n) is 1.26. The van der Waals surface area contributed by atoms with Crippen LogP contribution in [-0.2, 0) is 0 Å². The molecule has 0 aliphatic heterocycles. The van der Waals surface area contributed by atoms with Gasteiger partial charge in [-0.2, -0.15) is 0 Å². The van der Waals surface area contributed by atoms with Crippen molar-refractivity contribution in [1.82, 2.24) is 5.16 Å². The second kappa shape index (κ2) is 3.05. The Kier molecular flexibility index (Phi) is 1.89. The van der Waals surface area contributed by atoms with Gasteiger partial charge in [0.05, 0.1) is 6.20 Å². The van der Waals surface area contributed by atoms with Crippen LogP contribution in [-0.4, -0.2) is 5.16 Å². The van der Waals surface area contributed by atoms with Gasteiger partial charge in [0.25, 0.3) is 0 Å². The quantitative estimate of drug-likeness (QED) is 0.662. The summed E-state index contributed by atoms with van der Waals surface area (Å²) in [4.78, 5) is 0. The predicted molar refractivity (Wildman–Crippen MR) is 51.4 cm³/mol. The zero-order chi connectivity index (χ0) is 9.26. The van der Waals surface area contributed by atoms with Gasteiger partial charge in [0, 0.05) is 11.6 Å². The van der Waals surface area contributed by atoms with Crippen LogP contribution in [0.15, 0.2) is 35.0 Å². The van der Waals surface area contributed by atoms with E-state index in [4.69, 9.17) is 4.52 Å². The van der Waals surface area contributed by atoms with Gasteiger partial charge in [-0.25, -0.2) is 0 Å². The standard InChI is InChI=1S/C11H11NO/c1-8-3-4-10(7-9(8)2)11-5-6-12-13-11/h3-7H,1-2H3. The number of aromatic nitrogens is 1. The summed E-state index contributed by atoms with van der Waals surface area (Å²) in [6, 6.07) is 8.11. The van der Waals surface area contributed by atoms with Gasteiger partial charge in [-0.05, 0) is 31.0 Å². The third-order valence-corrected chi connectivity index (χ3v) is 2.23. The number of rotatable bonds is 1. The van der Waals surface area contributed by atoms with Gasteiger partial charge < -0.3 is 4.52 Å². The fraction of sp³-hybridized carbons (Fsp3) is 0.182. The molecule has 0 radical (unpaired) electrons. The normalized spacial score (nSPS) is 10.3. The number of aryl methyl sites for hydroxylation is 2. The molecule has 66 valence electrons. The van der Waals surface area contributed by atoms with Gasteiger partial charge in [0.1, 0.15) is 0 Å².